The monoisotopic (exact) mass is 504 g/mol. The fraction of sp³-hybridized carbons (Fsp3) is 0.857. The van der Waals surface area contributed by atoms with Crippen molar-refractivity contribution in [3.05, 3.63) is 0 Å². The molecular weight excluding hydrogens is 460 g/mol. The third kappa shape index (κ3) is 3.61. The third-order valence-electron chi connectivity index (χ3n) is 11.4. The van der Waals surface area contributed by atoms with Crippen molar-refractivity contribution >= 4 is 23.4 Å². The number of aliphatic hydroxyl groups is 2. The van der Waals surface area contributed by atoms with Crippen LogP contribution in [0.4, 0.5) is 0 Å². The Morgan fingerprint density at radius 3 is 1.94 bits per heavy atom. The van der Waals surface area contributed by atoms with Gasteiger partial charge in [-0.15, -0.1) is 0 Å². The van der Waals surface area contributed by atoms with E-state index >= 15 is 0 Å². The fourth-order valence-electron chi connectivity index (χ4n) is 9.08. The first-order valence-corrected chi connectivity index (χ1v) is 13.7. The second kappa shape index (κ2) is 8.90. The molecule has 4 aliphatic carbocycles. The van der Waals surface area contributed by atoms with Crippen molar-refractivity contribution in [3.63, 3.8) is 0 Å². The maximum atomic E-state index is 12.4. The van der Waals surface area contributed by atoms with Gasteiger partial charge in [0, 0.05) is 5.41 Å². The van der Waals surface area contributed by atoms with Crippen molar-refractivity contribution in [1.82, 2.24) is 0 Å². The van der Waals surface area contributed by atoms with Crippen molar-refractivity contribution in [1.29, 1.82) is 10.8 Å². The van der Waals surface area contributed by atoms with Crippen LogP contribution in [0.5, 0.6) is 0 Å². The molecule has 202 valence electrons. The highest BCUT2D eigenvalue weighted by Gasteiger charge is 2.69. The summed E-state index contributed by atoms with van der Waals surface area (Å²) < 4.78 is 10.1. The van der Waals surface area contributed by atoms with Crippen LogP contribution in [0, 0.1) is 44.8 Å². The summed E-state index contributed by atoms with van der Waals surface area (Å²) in [5, 5.41) is 40.1. The smallest absolute Gasteiger partial charge is 0.355 e. The molecule has 4 aliphatic rings. The van der Waals surface area contributed by atoms with Gasteiger partial charge in [0.15, 0.2) is 0 Å². The summed E-state index contributed by atoms with van der Waals surface area (Å²) in [5.41, 5.74) is -4.45. The largest absolute Gasteiger partial charge is 0.461 e. The van der Waals surface area contributed by atoms with Gasteiger partial charge < -0.3 is 19.7 Å². The molecule has 4 fully saturated rings. The molecule has 0 amide bonds. The minimum Gasteiger partial charge on any atom is -0.461 e. The van der Waals surface area contributed by atoms with Crippen LogP contribution in [0.2, 0.25) is 0 Å². The zero-order chi connectivity index (χ0) is 26.7. The second-order valence-corrected chi connectivity index (χ2v) is 12.6. The van der Waals surface area contributed by atoms with Gasteiger partial charge in [-0.05, 0) is 100 Å². The zero-order valence-corrected chi connectivity index (χ0v) is 22.5. The molecule has 0 aromatic carbocycles. The molecule has 0 radical (unpaired) electrons. The minimum absolute atomic E-state index is 0.0756. The number of hydrogen-bond acceptors (Lipinski definition) is 8. The number of carbonyl (C=O) groups is 2. The Bertz CT molecular complexity index is 968. The standard InChI is InChI=1S/C28H44N2O6/c1-6-35-22(31)20(29)27(33)15-14-25(4)18-9-12-26(5)19(17(18)8-11-24(25,3)16-27)10-13-28(26,34)21(30)23(32)36-7-2/h17-19,29-30,33-34H,6-16H2,1-5H3/t17?,18?,19?,24-,25?,26?,27?,28?/m1/s1. The predicted octanol–water partition coefficient (Wildman–Crippen LogP) is 4.05. The molecular formula is C28H44N2O6. The molecule has 4 saturated carbocycles. The summed E-state index contributed by atoms with van der Waals surface area (Å²) in [6, 6.07) is 0. The first kappa shape index (κ1) is 27.2. The third-order valence-corrected chi connectivity index (χ3v) is 11.4. The van der Waals surface area contributed by atoms with E-state index in [9.17, 15) is 19.8 Å². The number of rotatable bonds is 6. The molecule has 0 heterocycles. The van der Waals surface area contributed by atoms with E-state index in [0.29, 0.717) is 31.1 Å². The quantitative estimate of drug-likeness (QED) is 0.318. The molecule has 0 aliphatic heterocycles. The van der Waals surface area contributed by atoms with Crippen LogP contribution in [0.3, 0.4) is 0 Å². The van der Waals surface area contributed by atoms with Crippen molar-refractivity contribution in [2.24, 2.45) is 34.0 Å². The van der Waals surface area contributed by atoms with Gasteiger partial charge in [-0.2, -0.15) is 0 Å². The summed E-state index contributed by atoms with van der Waals surface area (Å²) in [4.78, 5) is 24.7. The SMILES string of the molecule is CCOC(=O)C(=N)C1(O)CCC2(C)C3CCC4(C)C(CCC4(O)C(=N)C(=O)OCC)C3CC[C@]2(C)C1. The minimum atomic E-state index is -1.47. The molecule has 8 atom stereocenters. The number of fused-ring (bicyclic) bond motifs is 5. The van der Waals surface area contributed by atoms with Crippen LogP contribution in [-0.4, -0.2) is 58.0 Å². The molecule has 0 aromatic rings. The van der Waals surface area contributed by atoms with E-state index in [-0.39, 0.29) is 41.4 Å². The topological polar surface area (TPSA) is 141 Å². The Morgan fingerprint density at radius 2 is 1.33 bits per heavy atom. The van der Waals surface area contributed by atoms with E-state index in [1.165, 1.54) is 0 Å². The molecule has 7 unspecified atom stereocenters. The van der Waals surface area contributed by atoms with E-state index in [2.05, 4.69) is 20.8 Å². The first-order valence-electron chi connectivity index (χ1n) is 13.7. The van der Waals surface area contributed by atoms with E-state index < -0.39 is 28.6 Å². The van der Waals surface area contributed by atoms with Crippen LogP contribution in [-0.2, 0) is 19.1 Å². The molecule has 0 saturated heterocycles. The second-order valence-electron chi connectivity index (χ2n) is 12.6. The summed E-state index contributed by atoms with van der Waals surface area (Å²) in [7, 11) is 0. The van der Waals surface area contributed by atoms with Crippen LogP contribution < -0.4 is 0 Å². The number of carbonyl (C=O) groups excluding carboxylic acids is 2. The van der Waals surface area contributed by atoms with E-state index in [1.54, 1.807) is 13.8 Å². The maximum absolute atomic E-state index is 12.4. The number of nitrogens with one attached hydrogen (secondary N) is 2. The highest BCUT2D eigenvalue weighted by Crippen LogP contribution is 2.72. The average Bonchev–Trinajstić information content (AvgIpc) is 3.11. The Hall–Kier alpha value is -1.80. The normalized spacial score (nSPS) is 45.6. The van der Waals surface area contributed by atoms with Gasteiger partial charge in [-0.1, -0.05) is 20.8 Å². The molecule has 8 heteroatoms. The fourth-order valence-corrected chi connectivity index (χ4v) is 9.08. The Morgan fingerprint density at radius 1 is 0.778 bits per heavy atom. The average molecular weight is 505 g/mol. The highest BCUT2D eigenvalue weighted by atomic mass is 16.5. The van der Waals surface area contributed by atoms with Gasteiger partial charge in [0.05, 0.1) is 13.2 Å². The van der Waals surface area contributed by atoms with Crippen molar-refractivity contribution in [2.75, 3.05) is 13.2 Å². The summed E-state index contributed by atoms with van der Waals surface area (Å²) >= 11 is 0. The van der Waals surface area contributed by atoms with Gasteiger partial charge >= 0.3 is 11.9 Å². The molecule has 0 bridgehead atoms. The zero-order valence-electron chi connectivity index (χ0n) is 22.5. The Balaban J connectivity index is 1.59. The molecule has 0 spiro atoms. The maximum Gasteiger partial charge on any atom is 0.355 e. The predicted molar refractivity (Wildman–Crippen MR) is 135 cm³/mol. The Labute approximate surface area is 214 Å². The highest BCUT2D eigenvalue weighted by molar-refractivity contribution is 6.39. The summed E-state index contributed by atoms with van der Waals surface area (Å²) in [5.74, 6) is -0.501. The molecule has 0 aromatic heterocycles. The lowest BCUT2D eigenvalue weighted by atomic mass is 9.39. The van der Waals surface area contributed by atoms with Crippen LogP contribution in [0.1, 0.15) is 92.4 Å². The van der Waals surface area contributed by atoms with Gasteiger partial charge in [-0.25, -0.2) is 9.59 Å². The Kier molecular flexibility index (Phi) is 6.73. The number of hydrogen-bond donors (Lipinski definition) is 4. The summed E-state index contributed by atoms with van der Waals surface area (Å²) in [6.45, 7) is 10.4. The van der Waals surface area contributed by atoms with Gasteiger partial charge in [0.2, 0.25) is 0 Å². The molecule has 36 heavy (non-hydrogen) atoms. The van der Waals surface area contributed by atoms with Crippen LogP contribution in [0.15, 0.2) is 0 Å². The van der Waals surface area contributed by atoms with Gasteiger partial charge in [0.25, 0.3) is 0 Å². The van der Waals surface area contributed by atoms with Crippen LogP contribution >= 0.6 is 0 Å². The lowest BCUT2D eigenvalue weighted by Crippen LogP contribution is -2.64. The van der Waals surface area contributed by atoms with Crippen molar-refractivity contribution in [3.8, 4) is 0 Å². The van der Waals surface area contributed by atoms with Crippen molar-refractivity contribution < 1.29 is 29.3 Å². The first-order chi connectivity index (χ1) is 16.7. The molecule has 4 rings (SSSR count). The molecule has 4 N–H and O–H groups in total. The van der Waals surface area contributed by atoms with Crippen molar-refractivity contribution in [2.45, 2.75) is 104 Å². The lowest BCUT2D eigenvalue weighted by molar-refractivity contribution is -0.187. The van der Waals surface area contributed by atoms with Gasteiger partial charge in [-0.3, -0.25) is 10.8 Å². The van der Waals surface area contributed by atoms with E-state index in [0.717, 1.165) is 38.5 Å². The lowest BCUT2D eigenvalue weighted by Gasteiger charge is -2.66. The van der Waals surface area contributed by atoms with E-state index in [1.807, 2.05) is 0 Å². The molecule has 8 nitrogen and oxygen atoms in total. The summed E-state index contributed by atoms with van der Waals surface area (Å²) in [6.07, 6.45) is 6.04. The number of ether oxygens (including phenoxy) is 2. The van der Waals surface area contributed by atoms with Gasteiger partial charge in [0.1, 0.15) is 22.6 Å². The van der Waals surface area contributed by atoms with E-state index in [4.69, 9.17) is 20.3 Å². The van der Waals surface area contributed by atoms with Crippen LogP contribution in [0.25, 0.3) is 0 Å². The number of esters is 2.